The number of hydrogen-bond acceptors (Lipinski definition) is 4. The van der Waals surface area contributed by atoms with E-state index < -0.39 is 0 Å². The summed E-state index contributed by atoms with van der Waals surface area (Å²) in [5.74, 6) is 0.00491. The van der Waals surface area contributed by atoms with Crippen LogP contribution in [0.15, 0.2) is 53.4 Å². The Labute approximate surface area is 110 Å². The Kier molecular flexibility index (Phi) is 3.66. The second-order valence-corrected chi connectivity index (χ2v) is 4.02. The van der Waals surface area contributed by atoms with Crippen LogP contribution in [-0.2, 0) is 0 Å². The van der Waals surface area contributed by atoms with Gasteiger partial charge in [-0.1, -0.05) is 36.4 Å². The zero-order chi connectivity index (χ0) is 13.0. The van der Waals surface area contributed by atoms with Gasteiger partial charge in [-0.15, -0.1) is 17.9 Å². The van der Waals surface area contributed by atoms with Crippen LogP contribution in [-0.4, -0.2) is 5.78 Å². The Balaban J connectivity index is 2.51. The average Bonchev–Trinajstić information content (AvgIpc) is 2.40. The molecule has 2 aromatic rings. The van der Waals surface area contributed by atoms with Gasteiger partial charge in [0.2, 0.25) is 0 Å². The highest BCUT2D eigenvalue weighted by atomic mass is 32.1. The van der Waals surface area contributed by atoms with Crippen molar-refractivity contribution in [2.75, 3.05) is 0 Å². The quantitative estimate of drug-likeness (QED) is 0.521. The molecule has 0 aliphatic rings. The van der Waals surface area contributed by atoms with E-state index in [1.54, 1.807) is 48.7 Å². The molecule has 0 saturated heterocycles. The highest BCUT2D eigenvalue weighted by Gasteiger charge is 2.17. The monoisotopic (exact) mass is 255 g/mol. The number of benzene rings is 2. The highest BCUT2D eigenvalue weighted by molar-refractivity contribution is 7.80. The van der Waals surface area contributed by atoms with Crippen molar-refractivity contribution in [1.29, 1.82) is 5.26 Å². The van der Waals surface area contributed by atoms with Crippen LogP contribution >= 0.6 is 12.6 Å². The molecule has 0 spiro atoms. The molecule has 88 valence electrons. The van der Waals surface area contributed by atoms with Gasteiger partial charge in [0.1, 0.15) is 0 Å². The van der Waals surface area contributed by atoms with Gasteiger partial charge in [-0.05, 0) is 12.1 Å². The molecule has 0 atom stereocenters. The van der Waals surface area contributed by atoms with E-state index in [0.29, 0.717) is 16.0 Å². The van der Waals surface area contributed by atoms with E-state index >= 15 is 0 Å². The molecule has 0 fully saturated rings. The molecule has 3 nitrogen and oxygen atoms in total. The summed E-state index contributed by atoms with van der Waals surface area (Å²) in [6.07, 6.45) is 1.57. The molecule has 18 heavy (non-hydrogen) atoms. The van der Waals surface area contributed by atoms with E-state index in [4.69, 9.17) is 10.00 Å². The molecule has 2 rings (SSSR count). The Morgan fingerprint density at radius 1 is 1.11 bits per heavy atom. The van der Waals surface area contributed by atoms with Gasteiger partial charge in [-0.25, -0.2) is 0 Å². The van der Waals surface area contributed by atoms with Crippen molar-refractivity contribution in [1.82, 2.24) is 0 Å². The average molecular weight is 255 g/mol. The molecule has 0 aliphatic carbocycles. The van der Waals surface area contributed by atoms with Crippen LogP contribution in [0.1, 0.15) is 15.9 Å². The molecule has 0 unspecified atom stereocenters. The minimum Gasteiger partial charge on any atom is -0.387 e. The first-order valence-corrected chi connectivity index (χ1v) is 5.66. The second-order valence-electron chi connectivity index (χ2n) is 3.54. The zero-order valence-corrected chi connectivity index (χ0v) is 10.2. The third-order valence-corrected chi connectivity index (χ3v) is 2.80. The summed E-state index contributed by atoms with van der Waals surface area (Å²) in [6.45, 7) is 0. The third kappa shape index (κ3) is 2.36. The van der Waals surface area contributed by atoms with Crippen LogP contribution < -0.4 is 4.74 Å². The Morgan fingerprint density at radius 3 is 2.50 bits per heavy atom. The molecule has 0 aliphatic heterocycles. The van der Waals surface area contributed by atoms with E-state index in [0.717, 1.165) is 0 Å². The summed E-state index contributed by atoms with van der Waals surface area (Å²) in [6, 6.07) is 13.7. The summed E-state index contributed by atoms with van der Waals surface area (Å²) >= 11 is 4.24. The first-order valence-electron chi connectivity index (χ1n) is 5.21. The van der Waals surface area contributed by atoms with E-state index in [9.17, 15) is 4.79 Å². The van der Waals surface area contributed by atoms with E-state index in [1.165, 1.54) is 0 Å². The second kappa shape index (κ2) is 5.39. The number of carbonyl (C=O) groups excluding carboxylic acids is 1. The predicted octanol–water partition coefficient (Wildman–Crippen LogP) is 3.07. The number of thiol groups is 1. The van der Waals surface area contributed by atoms with Gasteiger partial charge < -0.3 is 4.74 Å². The van der Waals surface area contributed by atoms with Crippen LogP contribution in [0.3, 0.4) is 0 Å². The first-order chi connectivity index (χ1) is 8.74. The van der Waals surface area contributed by atoms with Crippen molar-refractivity contribution < 1.29 is 9.53 Å². The van der Waals surface area contributed by atoms with Crippen LogP contribution in [0.25, 0.3) is 0 Å². The lowest BCUT2D eigenvalue weighted by molar-refractivity contribution is 0.103. The van der Waals surface area contributed by atoms with Crippen molar-refractivity contribution in [3.8, 4) is 12.0 Å². The molecular weight excluding hydrogens is 246 g/mol. The van der Waals surface area contributed by atoms with Gasteiger partial charge in [0.25, 0.3) is 6.26 Å². The number of hydrogen-bond donors (Lipinski definition) is 1. The summed E-state index contributed by atoms with van der Waals surface area (Å²) < 4.78 is 4.80. The molecule has 0 saturated carbocycles. The van der Waals surface area contributed by atoms with Crippen molar-refractivity contribution in [3.05, 3.63) is 59.7 Å². The van der Waals surface area contributed by atoms with Gasteiger partial charge in [0.05, 0.1) is 5.56 Å². The maximum Gasteiger partial charge on any atom is 0.292 e. The van der Waals surface area contributed by atoms with Crippen molar-refractivity contribution in [2.24, 2.45) is 0 Å². The van der Waals surface area contributed by atoms with E-state index in [2.05, 4.69) is 12.6 Å². The maximum atomic E-state index is 12.3. The molecule has 0 heterocycles. The molecule has 2 aromatic carbocycles. The maximum absolute atomic E-state index is 12.3. The lowest BCUT2D eigenvalue weighted by atomic mass is 10.0. The van der Waals surface area contributed by atoms with Crippen LogP contribution in [0, 0.1) is 11.5 Å². The Morgan fingerprint density at radius 2 is 1.83 bits per heavy atom. The number of nitrogens with zero attached hydrogens (tertiary/aromatic N) is 1. The lowest BCUT2D eigenvalue weighted by Crippen LogP contribution is -2.04. The smallest absolute Gasteiger partial charge is 0.292 e. The third-order valence-electron chi connectivity index (χ3n) is 2.42. The Hall–Kier alpha value is -2.25. The molecule has 0 radical (unpaired) electrons. The van der Waals surface area contributed by atoms with Gasteiger partial charge in [0, 0.05) is 10.5 Å². The van der Waals surface area contributed by atoms with Gasteiger partial charge in [-0.3, -0.25) is 4.79 Å². The molecule has 0 aromatic heterocycles. The summed E-state index contributed by atoms with van der Waals surface area (Å²) in [5.41, 5.74) is 0.829. The van der Waals surface area contributed by atoms with E-state index in [1.807, 2.05) is 6.07 Å². The summed E-state index contributed by atoms with van der Waals surface area (Å²) in [5, 5.41) is 8.58. The molecule has 0 N–H and O–H groups in total. The van der Waals surface area contributed by atoms with Gasteiger partial charge in [0.15, 0.2) is 11.5 Å². The van der Waals surface area contributed by atoms with Crippen molar-refractivity contribution >= 4 is 18.4 Å². The van der Waals surface area contributed by atoms with Crippen LogP contribution in [0.4, 0.5) is 0 Å². The molecular formula is C14H9NO2S. The lowest BCUT2D eigenvalue weighted by Gasteiger charge is -2.08. The largest absolute Gasteiger partial charge is 0.387 e. The minimum atomic E-state index is -0.216. The predicted molar refractivity (Wildman–Crippen MR) is 69.8 cm³/mol. The van der Waals surface area contributed by atoms with Gasteiger partial charge in [-0.2, -0.15) is 0 Å². The number of ether oxygens (including phenoxy) is 1. The summed E-state index contributed by atoms with van der Waals surface area (Å²) in [7, 11) is 0. The molecule has 0 bridgehead atoms. The molecule has 0 amide bonds. The summed E-state index contributed by atoms with van der Waals surface area (Å²) in [4.78, 5) is 12.8. The van der Waals surface area contributed by atoms with Crippen molar-refractivity contribution in [2.45, 2.75) is 4.90 Å². The normalized spacial score (nSPS) is 9.56. The SMILES string of the molecule is N#COc1cccc(S)c1C(=O)c1ccccc1. The fourth-order valence-corrected chi connectivity index (χ4v) is 1.91. The van der Waals surface area contributed by atoms with E-state index in [-0.39, 0.29) is 11.5 Å². The number of carbonyl (C=O) groups is 1. The zero-order valence-electron chi connectivity index (χ0n) is 9.33. The fraction of sp³-hybridized carbons (Fsp3) is 0. The number of rotatable bonds is 3. The van der Waals surface area contributed by atoms with Crippen LogP contribution in [0.5, 0.6) is 5.75 Å². The fourth-order valence-electron chi connectivity index (χ4n) is 1.62. The van der Waals surface area contributed by atoms with Crippen molar-refractivity contribution in [3.63, 3.8) is 0 Å². The first kappa shape index (κ1) is 12.2. The van der Waals surface area contributed by atoms with Crippen LogP contribution in [0.2, 0.25) is 0 Å². The topological polar surface area (TPSA) is 50.1 Å². The standard InChI is InChI=1S/C14H9NO2S/c15-9-17-11-7-4-8-12(18)13(11)14(16)10-5-2-1-3-6-10/h1-8,18H. The van der Waals surface area contributed by atoms with Gasteiger partial charge >= 0.3 is 0 Å². The molecule has 4 heteroatoms. The highest BCUT2D eigenvalue weighted by Crippen LogP contribution is 2.27. The number of nitriles is 1. The number of ketones is 1. The Bertz CT molecular complexity index is 617. The minimum absolute atomic E-state index is 0.216.